The van der Waals surface area contributed by atoms with Crippen molar-refractivity contribution in [3.63, 3.8) is 0 Å². The van der Waals surface area contributed by atoms with E-state index in [9.17, 15) is 0 Å². The van der Waals surface area contributed by atoms with Gasteiger partial charge in [0.15, 0.2) is 0 Å². The van der Waals surface area contributed by atoms with Gasteiger partial charge in [-0.2, -0.15) is 11.2 Å². The topological polar surface area (TPSA) is 27.1 Å². The van der Waals surface area contributed by atoms with Crippen LogP contribution < -0.4 is 4.74 Å². The van der Waals surface area contributed by atoms with Crippen LogP contribution in [-0.4, -0.2) is 16.9 Å². The number of nitrogens with zero attached hydrogens (tertiary/aromatic N) is 2. The molecule has 4 heteroatoms. The molecular weight excluding hydrogens is 383 g/mol. The molecule has 0 amide bonds. The minimum absolute atomic E-state index is 0. The summed E-state index contributed by atoms with van der Waals surface area (Å²) in [5.74, 6) is 0.805. The smallest absolute Gasteiger partial charge is 0.0626 e. The van der Waals surface area contributed by atoms with Crippen molar-refractivity contribution >= 4 is 0 Å². The number of ether oxygens (including phenoxy) is 1. The molecule has 0 unspecified atom stereocenters. The van der Waals surface area contributed by atoms with E-state index in [1.165, 1.54) is 5.56 Å². The van der Waals surface area contributed by atoms with E-state index < -0.39 is 0 Å². The first-order valence-electron chi connectivity index (χ1n) is 4.79. The Kier molecular flexibility index (Phi) is 4.31. The Hall–Kier alpha value is -1.08. The van der Waals surface area contributed by atoms with Crippen molar-refractivity contribution in [2.45, 2.75) is 13.8 Å². The number of methoxy groups -OCH3 is 1. The van der Waals surface area contributed by atoms with Crippen molar-refractivity contribution in [3.8, 4) is 11.4 Å². The van der Waals surface area contributed by atoms with Gasteiger partial charge < -0.3 is 4.74 Å². The Balaban J connectivity index is 0.00000128. The number of aryl methyl sites for hydroxylation is 2. The predicted molar refractivity (Wildman–Crippen MR) is 58.4 cm³/mol. The quantitative estimate of drug-likeness (QED) is 0.729. The normalized spacial score (nSPS) is 9.69. The average molecular weight is 396 g/mol. The number of aromatic nitrogens is 2. The van der Waals surface area contributed by atoms with E-state index in [1.807, 2.05) is 42.9 Å². The van der Waals surface area contributed by atoms with Crippen LogP contribution in [0.5, 0.6) is 5.75 Å². The molecule has 1 aromatic carbocycles. The molecule has 0 radical (unpaired) electrons. The molecule has 2 rings (SSSR count). The number of hydrogen-bond acceptors (Lipinski definition) is 2. The van der Waals surface area contributed by atoms with Crippen LogP contribution in [0.25, 0.3) is 5.69 Å². The van der Waals surface area contributed by atoms with Gasteiger partial charge in [-0.3, -0.25) is 4.68 Å². The molecule has 1 aromatic heterocycles. The standard InChI is InChI=1S/C12H13N2O.Pt/c1-9-8-14(13-10(9)2)11-4-6-12(15-3)7-5-11;/h4,6-8H,1-3H3;/q-1;. The summed E-state index contributed by atoms with van der Waals surface area (Å²) in [4.78, 5) is 0. The van der Waals surface area contributed by atoms with Crippen molar-refractivity contribution in [1.29, 1.82) is 0 Å². The fraction of sp³-hybridized carbons (Fsp3) is 0.250. The first-order valence-corrected chi connectivity index (χ1v) is 4.79. The van der Waals surface area contributed by atoms with Crippen LogP contribution in [0.3, 0.4) is 0 Å². The fourth-order valence-electron chi connectivity index (χ4n) is 1.34. The van der Waals surface area contributed by atoms with Crippen LogP contribution in [0.4, 0.5) is 0 Å². The summed E-state index contributed by atoms with van der Waals surface area (Å²) in [5.41, 5.74) is 3.14. The van der Waals surface area contributed by atoms with Crippen LogP contribution in [0.15, 0.2) is 24.4 Å². The molecule has 0 atom stereocenters. The second kappa shape index (κ2) is 5.31. The summed E-state index contributed by atoms with van der Waals surface area (Å²) < 4.78 is 6.90. The van der Waals surface area contributed by atoms with E-state index in [4.69, 9.17) is 4.74 Å². The molecule has 1 heterocycles. The van der Waals surface area contributed by atoms with E-state index in [1.54, 1.807) is 7.11 Å². The Morgan fingerprint density at radius 2 is 2.06 bits per heavy atom. The fourth-order valence-corrected chi connectivity index (χ4v) is 1.34. The first kappa shape index (κ1) is 13.0. The Morgan fingerprint density at radius 3 is 2.50 bits per heavy atom. The molecule has 0 saturated carbocycles. The van der Waals surface area contributed by atoms with E-state index in [-0.39, 0.29) is 21.1 Å². The number of hydrogen-bond donors (Lipinski definition) is 0. The van der Waals surface area contributed by atoms with Gasteiger partial charge in [0.1, 0.15) is 0 Å². The molecule has 0 fully saturated rings. The van der Waals surface area contributed by atoms with Crippen molar-refractivity contribution in [2.75, 3.05) is 7.11 Å². The zero-order chi connectivity index (χ0) is 10.8. The second-order valence-electron chi connectivity index (χ2n) is 3.46. The van der Waals surface area contributed by atoms with E-state index >= 15 is 0 Å². The molecule has 0 N–H and O–H groups in total. The third-order valence-electron chi connectivity index (χ3n) is 2.39. The van der Waals surface area contributed by atoms with Gasteiger partial charge in [-0.25, -0.2) is 0 Å². The van der Waals surface area contributed by atoms with Gasteiger partial charge in [0.05, 0.1) is 12.8 Å². The average Bonchev–Trinajstić information content (AvgIpc) is 2.59. The van der Waals surface area contributed by atoms with Gasteiger partial charge in [-0.05, 0) is 25.1 Å². The van der Waals surface area contributed by atoms with Crippen molar-refractivity contribution < 1.29 is 25.8 Å². The molecule has 16 heavy (non-hydrogen) atoms. The van der Waals surface area contributed by atoms with Crippen LogP contribution in [0, 0.1) is 19.9 Å². The third-order valence-corrected chi connectivity index (χ3v) is 2.39. The molecule has 0 bridgehead atoms. The van der Waals surface area contributed by atoms with E-state index in [0.29, 0.717) is 0 Å². The molecule has 0 aliphatic carbocycles. The molecule has 88 valence electrons. The van der Waals surface area contributed by atoms with Crippen molar-refractivity contribution in [1.82, 2.24) is 9.78 Å². The predicted octanol–water partition coefficient (Wildman–Crippen LogP) is 2.30. The first-order chi connectivity index (χ1) is 7.20. The molecule has 0 spiro atoms. The van der Waals surface area contributed by atoms with Crippen LogP contribution in [0.1, 0.15) is 11.3 Å². The minimum Gasteiger partial charge on any atom is -0.554 e. The van der Waals surface area contributed by atoms with Crippen LogP contribution in [-0.2, 0) is 21.1 Å². The maximum Gasteiger partial charge on any atom is 0.0626 e. The SMILES string of the molecule is COc1c[c-]c(-n2cc(C)c(C)n2)cc1.[Pt]. The maximum atomic E-state index is 5.07. The largest absolute Gasteiger partial charge is 0.554 e. The summed E-state index contributed by atoms with van der Waals surface area (Å²) in [6, 6.07) is 8.76. The summed E-state index contributed by atoms with van der Waals surface area (Å²) in [5, 5.41) is 4.38. The maximum absolute atomic E-state index is 5.07. The van der Waals surface area contributed by atoms with Gasteiger partial charge >= 0.3 is 0 Å². The Labute approximate surface area is 110 Å². The van der Waals surface area contributed by atoms with Gasteiger partial charge in [0, 0.05) is 33.0 Å². The number of benzene rings is 1. The molecule has 3 nitrogen and oxygen atoms in total. The van der Waals surface area contributed by atoms with Crippen molar-refractivity contribution in [3.05, 3.63) is 41.7 Å². The molecule has 0 aliphatic heterocycles. The van der Waals surface area contributed by atoms with Gasteiger partial charge in [0.2, 0.25) is 0 Å². The van der Waals surface area contributed by atoms with Gasteiger partial charge in [0.25, 0.3) is 0 Å². The van der Waals surface area contributed by atoms with Crippen molar-refractivity contribution in [2.24, 2.45) is 0 Å². The van der Waals surface area contributed by atoms with Gasteiger partial charge in [-0.1, -0.05) is 0 Å². The van der Waals surface area contributed by atoms with E-state index in [0.717, 1.165) is 17.1 Å². The zero-order valence-corrected chi connectivity index (χ0v) is 11.7. The summed E-state index contributed by atoms with van der Waals surface area (Å²) in [6.45, 7) is 4.04. The summed E-state index contributed by atoms with van der Waals surface area (Å²) in [7, 11) is 1.64. The van der Waals surface area contributed by atoms with Gasteiger partial charge in [-0.15, -0.1) is 18.2 Å². The van der Waals surface area contributed by atoms with Crippen LogP contribution >= 0.6 is 0 Å². The van der Waals surface area contributed by atoms with Crippen LogP contribution in [0.2, 0.25) is 0 Å². The van der Waals surface area contributed by atoms with E-state index in [2.05, 4.69) is 11.2 Å². The molecule has 0 saturated heterocycles. The second-order valence-corrected chi connectivity index (χ2v) is 3.46. The molecule has 0 aliphatic rings. The zero-order valence-electron chi connectivity index (χ0n) is 9.43. The monoisotopic (exact) mass is 396 g/mol. The minimum atomic E-state index is 0. The third kappa shape index (κ3) is 2.53. The molecule has 2 aromatic rings. The summed E-state index contributed by atoms with van der Waals surface area (Å²) >= 11 is 0. The number of rotatable bonds is 2. The Morgan fingerprint density at radius 1 is 1.31 bits per heavy atom. The molecular formula is C12H13N2OPt-. The Bertz CT molecular complexity index is 443. The summed E-state index contributed by atoms with van der Waals surface area (Å²) in [6.07, 6.45) is 1.99.